The number of nitrogens with two attached hydrogens (primary N) is 1. The number of amides is 2. The zero-order valence-electron chi connectivity index (χ0n) is 20.3. The first-order valence-electron chi connectivity index (χ1n) is 12.5. The Bertz CT molecular complexity index is 1290. The van der Waals surface area contributed by atoms with Gasteiger partial charge in [0.1, 0.15) is 0 Å². The van der Waals surface area contributed by atoms with E-state index in [4.69, 9.17) is 27.1 Å². The van der Waals surface area contributed by atoms with E-state index in [0.29, 0.717) is 36.7 Å². The molecular weight excluding hydrogens is 478 g/mol. The van der Waals surface area contributed by atoms with Gasteiger partial charge in [-0.25, -0.2) is 4.79 Å². The average molecular weight is 508 g/mol. The lowest BCUT2D eigenvalue weighted by molar-refractivity contribution is 0.0392. The van der Waals surface area contributed by atoms with Crippen LogP contribution in [0.15, 0.2) is 42.7 Å². The predicted octanol–water partition coefficient (Wildman–Crippen LogP) is 4.14. The molecule has 0 spiro atoms. The number of nitrogens with zero attached hydrogens (tertiary/aromatic N) is 4. The fourth-order valence-corrected chi connectivity index (χ4v) is 5.48. The zero-order valence-corrected chi connectivity index (χ0v) is 21.1. The van der Waals surface area contributed by atoms with Crippen LogP contribution in [0.1, 0.15) is 52.9 Å². The molecule has 9 heteroatoms. The van der Waals surface area contributed by atoms with Gasteiger partial charge in [0.15, 0.2) is 0 Å². The van der Waals surface area contributed by atoms with Gasteiger partial charge in [0.05, 0.1) is 29.9 Å². The summed E-state index contributed by atoms with van der Waals surface area (Å²) < 4.78 is 5.20. The molecule has 5 rings (SSSR count). The van der Waals surface area contributed by atoms with E-state index in [1.165, 1.54) is 5.56 Å². The molecule has 1 aliphatic heterocycles. The van der Waals surface area contributed by atoms with Crippen molar-refractivity contribution in [1.29, 1.82) is 0 Å². The Morgan fingerprint density at radius 2 is 2.00 bits per heavy atom. The number of aromatic nitrogens is 2. The van der Waals surface area contributed by atoms with E-state index in [0.717, 1.165) is 47.3 Å². The molecule has 8 nitrogen and oxygen atoms in total. The predicted molar refractivity (Wildman–Crippen MR) is 138 cm³/mol. The normalized spacial score (nSPS) is 19.8. The Balaban J connectivity index is 1.36. The van der Waals surface area contributed by atoms with Gasteiger partial charge in [-0.1, -0.05) is 24.6 Å². The van der Waals surface area contributed by atoms with Gasteiger partial charge in [0.25, 0.3) is 5.91 Å². The molecule has 2 atom stereocenters. The molecule has 2 aromatic heterocycles. The van der Waals surface area contributed by atoms with Crippen molar-refractivity contribution in [2.45, 2.75) is 44.7 Å². The summed E-state index contributed by atoms with van der Waals surface area (Å²) in [6.07, 6.45) is 6.07. The van der Waals surface area contributed by atoms with Crippen molar-refractivity contribution >= 4 is 34.5 Å². The lowest BCUT2D eigenvalue weighted by atomic mass is 9.82. The average Bonchev–Trinajstić information content (AvgIpc) is 2.91. The van der Waals surface area contributed by atoms with Gasteiger partial charge in [-0.2, -0.15) is 0 Å². The van der Waals surface area contributed by atoms with E-state index >= 15 is 0 Å². The Kier molecular flexibility index (Phi) is 7.07. The maximum atomic E-state index is 13.4. The lowest BCUT2D eigenvalue weighted by Crippen LogP contribution is -2.60. The van der Waals surface area contributed by atoms with Crippen molar-refractivity contribution in [3.8, 4) is 0 Å². The minimum Gasteiger partial charge on any atom is -0.449 e. The molecule has 1 fully saturated rings. The minimum absolute atomic E-state index is 0.184. The molecule has 1 unspecified atom stereocenters. The zero-order chi connectivity index (χ0) is 25.2. The van der Waals surface area contributed by atoms with Crippen molar-refractivity contribution in [3.63, 3.8) is 0 Å². The van der Waals surface area contributed by atoms with Gasteiger partial charge in [0, 0.05) is 42.1 Å². The summed E-state index contributed by atoms with van der Waals surface area (Å²) >= 11 is 6.82. The Morgan fingerprint density at radius 1 is 1.19 bits per heavy atom. The summed E-state index contributed by atoms with van der Waals surface area (Å²) in [5.41, 5.74) is 10.8. The quantitative estimate of drug-likeness (QED) is 0.569. The molecule has 0 saturated carbocycles. The summed E-state index contributed by atoms with van der Waals surface area (Å²) in [5, 5.41) is 1.57. The number of rotatable bonds is 4. The molecule has 3 heterocycles. The van der Waals surface area contributed by atoms with Crippen molar-refractivity contribution < 1.29 is 14.3 Å². The minimum atomic E-state index is -0.614. The van der Waals surface area contributed by atoms with E-state index < -0.39 is 12.3 Å². The highest BCUT2D eigenvalue weighted by atomic mass is 35.5. The molecule has 0 bridgehead atoms. The number of halogens is 1. The Hall–Kier alpha value is -3.23. The number of carbonyl (C=O) groups is 2. The molecule has 36 heavy (non-hydrogen) atoms. The summed E-state index contributed by atoms with van der Waals surface area (Å²) in [6, 6.07) is 9.57. The second-order valence-electron chi connectivity index (χ2n) is 9.43. The maximum Gasteiger partial charge on any atom is 0.409 e. The van der Waals surface area contributed by atoms with Gasteiger partial charge in [0.2, 0.25) is 0 Å². The number of pyridine rings is 2. The second-order valence-corrected chi connectivity index (χ2v) is 9.81. The fraction of sp³-hybridized carbons (Fsp3) is 0.407. The van der Waals surface area contributed by atoms with E-state index in [9.17, 15) is 9.59 Å². The van der Waals surface area contributed by atoms with Gasteiger partial charge in [-0.15, -0.1) is 0 Å². The smallest absolute Gasteiger partial charge is 0.409 e. The highest BCUT2D eigenvalue weighted by Crippen LogP contribution is 2.38. The third kappa shape index (κ3) is 4.75. The highest BCUT2D eigenvalue weighted by Gasteiger charge is 2.32. The lowest BCUT2D eigenvalue weighted by Gasteiger charge is -2.39. The van der Waals surface area contributed by atoms with Gasteiger partial charge >= 0.3 is 6.09 Å². The number of hydrogen-bond acceptors (Lipinski definition) is 6. The van der Waals surface area contributed by atoms with Crippen LogP contribution in [0.4, 0.5) is 4.79 Å². The third-order valence-corrected chi connectivity index (χ3v) is 7.51. The maximum absolute atomic E-state index is 13.4. The Labute approximate surface area is 215 Å². The standard InChI is InChI=1S/C27H30ClN5O3/c1-2-13-36-27(35)32-11-12-33(24(29)16-32)26(34)19-4-6-21-23(15-19)31-22-14-18(3-5-20(22)25(21)28)17-7-9-30-10-8-17/h4,6-10,15,18,24H,2-3,5,11-14,16,29H2,1H3/t18?,24-/m0/s1. The van der Waals surface area contributed by atoms with Crippen LogP contribution < -0.4 is 5.73 Å². The van der Waals surface area contributed by atoms with Gasteiger partial charge in [-0.05, 0) is 67.0 Å². The van der Waals surface area contributed by atoms with Crippen LogP contribution in [0.5, 0.6) is 0 Å². The number of ether oxygens (including phenoxy) is 1. The van der Waals surface area contributed by atoms with Crippen LogP contribution in [0.25, 0.3) is 10.9 Å². The molecule has 1 aliphatic carbocycles. The van der Waals surface area contributed by atoms with Crippen molar-refractivity contribution in [2.75, 3.05) is 26.2 Å². The fourth-order valence-electron chi connectivity index (χ4n) is 5.12. The summed E-state index contributed by atoms with van der Waals surface area (Å²) in [7, 11) is 0. The van der Waals surface area contributed by atoms with Crippen molar-refractivity contribution in [1.82, 2.24) is 19.8 Å². The van der Waals surface area contributed by atoms with Crippen LogP contribution in [0.3, 0.4) is 0 Å². The molecule has 0 radical (unpaired) electrons. The number of piperazine rings is 1. The first kappa shape index (κ1) is 24.5. The van der Waals surface area contributed by atoms with Crippen molar-refractivity contribution in [2.24, 2.45) is 5.73 Å². The van der Waals surface area contributed by atoms with Gasteiger partial charge in [-0.3, -0.25) is 14.8 Å². The molecule has 3 aromatic rings. The summed E-state index contributed by atoms with van der Waals surface area (Å²) in [5.74, 6) is 0.181. The summed E-state index contributed by atoms with van der Waals surface area (Å²) in [4.78, 5) is 37.8. The largest absolute Gasteiger partial charge is 0.449 e. The highest BCUT2D eigenvalue weighted by molar-refractivity contribution is 6.36. The van der Waals surface area contributed by atoms with Crippen molar-refractivity contribution in [3.05, 3.63) is 70.1 Å². The third-order valence-electron chi connectivity index (χ3n) is 7.08. The van der Waals surface area contributed by atoms with E-state index in [1.54, 1.807) is 21.9 Å². The monoisotopic (exact) mass is 507 g/mol. The molecule has 2 N–H and O–H groups in total. The SMILES string of the molecule is CCCOC(=O)N1CCN(C(=O)c2ccc3c(Cl)c4c(nc3c2)CC(c2ccncc2)CC4)[C@H](N)C1. The van der Waals surface area contributed by atoms with E-state index in [1.807, 2.05) is 25.4 Å². The van der Waals surface area contributed by atoms with Crippen LogP contribution in [-0.2, 0) is 17.6 Å². The molecule has 188 valence electrons. The van der Waals surface area contributed by atoms with Crippen LogP contribution in [0, 0.1) is 0 Å². The number of fused-ring (bicyclic) bond motifs is 2. The summed E-state index contributed by atoms with van der Waals surface area (Å²) in [6.45, 7) is 3.26. The topological polar surface area (TPSA) is 102 Å². The van der Waals surface area contributed by atoms with Gasteiger partial charge < -0.3 is 20.3 Å². The second kappa shape index (κ2) is 10.4. The molecule has 2 aliphatic rings. The first-order valence-corrected chi connectivity index (χ1v) is 12.8. The van der Waals surface area contributed by atoms with Crippen LogP contribution >= 0.6 is 11.6 Å². The molecule has 1 saturated heterocycles. The molecule has 1 aromatic carbocycles. The molecular formula is C27H30ClN5O3. The van der Waals surface area contributed by atoms with Crippen LogP contribution in [-0.4, -0.2) is 64.2 Å². The molecule has 2 amide bonds. The number of benzene rings is 1. The van der Waals surface area contributed by atoms with Crippen LogP contribution in [0.2, 0.25) is 5.02 Å². The van der Waals surface area contributed by atoms with E-state index in [-0.39, 0.29) is 12.5 Å². The number of hydrogen-bond donors (Lipinski definition) is 1. The Morgan fingerprint density at radius 3 is 2.75 bits per heavy atom. The number of carbonyl (C=O) groups excluding carboxylic acids is 2. The first-order chi connectivity index (χ1) is 17.5. The van der Waals surface area contributed by atoms with E-state index in [2.05, 4.69) is 17.1 Å².